The zero-order valence-corrected chi connectivity index (χ0v) is 10.7. The van der Waals surface area contributed by atoms with E-state index in [1.807, 2.05) is 0 Å². The van der Waals surface area contributed by atoms with Gasteiger partial charge in [-0.15, -0.1) is 0 Å². The van der Waals surface area contributed by atoms with Crippen LogP contribution in [0.2, 0.25) is 0 Å². The summed E-state index contributed by atoms with van der Waals surface area (Å²) in [5.41, 5.74) is -1.07. The third-order valence-corrected chi connectivity index (χ3v) is 3.18. The van der Waals surface area contributed by atoms with Crippen LogP contribution in [0, 0.1) is 0 Å². The van der Waals surface area contributed by atoms with Crippen LogP contribution in [0.3, 0.4) is 0 Å². The van der Waals surface area contributed by atoms with Crippen molar-refractivity contribution in [2.75, 3.05) is 19.8 Å². The van der Waals surface area contributed by atoms with Crippen LogP contribution in [0.25, 0.3) is 0 Å². The predicted octanol–water partition coefficient (Wildman–Crippen LogP) is -0.494. The Morgan fingerprint density at radius 3 is 3.05 bits per heavy atom. The molecule has 2 rings (SSSR count). The van der Waals surface area contributed by atoms with Crippen molar-refractivity contribution < 1.29 is 14.6 Å². The van der Waals surface area contributed by atoms with Crippen molar-refractivity contribution in [3.8, 4) is 0 Å². The number of pyridine rings is 1. The van der Waals surface area contributed by atoms with Gasteiger partial charge in [-0.1, -0.05) is 6.07 Å². The average Bonchev–Trinajstić information content (AvgIpc) is 2.83. The normalized spacial score (nSPS) is 22.4. The second kappa shape index (κ2) is 5.99. The second-order valence-corrected chi connectivity index (χ2v) is 4.79. The smallest absolute Gasteiger partial charge is 0.250 e. The number of ether oxygens (including phenoxy) is 1. The Balaban J connectivity index is 1.76. The summed E-state index contributed by atoms with van der Waals surface area (Å²) >= 11 is 0. The SMILES string of the molecule is O=C(CCn1ccccc1=O)NCC1(O)CCOC1. The van der Waals surface area contributed by atoms with E-state index in [9.17, 15) is 14.7 Å². The zero-order valence-electron chi connectivity index (χ0n) is 10.7. The van der Waals surface area contributed by atoms with Crippen LogP contribution in [-0.2, 0) is 16.1 Å². The van der Waals surface area contributed by atoms with E-state index < -0.39 is 5.60 Å². The van der Waals surface area contributed by atoms with Crippen molar-refractivity contribution in [3.63, 3.8) is 0 Å². The van der Waals surface area contributed by atoms with E-state index in [0.717, 1.165) is 0 Å². The van der Waals surface area contributed by atoms with Crippen LogP contribution in [0.4, 0.5) is 0 Å². The molecule has 1 saturated heterocycles. The minimum Gasteiger partial charge on any atom is -0.386 e. The van der Waals surface area contributed by atoms with Gasteiger partial charge in [0.2, 0.25) is 5.91 Å². The van der Waals surface area contributed by atoms with Crippen molar-refractivity contribution in [1.29, 1.82) is 0 Å². The Labute approximate surface area is 111 Å². The number of nitrogens with one attached hydrogen (secondary N) is 1. The molecule has 2 heterocycles. The molecule has 6 heteroatoms. The molecule has 0 bridgehead atoms. The topological polar surface area (TPSA) is 80.6 Å². The van der Waals surface area contributed by atoms with Gasteiger partial charge in [-0.05, 0) is 6.07 Å². The zero-order chi connectivity index (χ0) is 13.7. The van der Waals surface area contributed by atoms with Crippen molar-refractivity contribution in [2.24, 2.45) is 0 Å². The summed E-state index contributed by atoms with van der Waals surface area (Å²) in [5.74, 6) is -0.184. The number of nitrogens with zero attached hydrogens (tertiary/aromatic N) is 1. The van der Waals surface area contributed by atoms with Crippen molar-refractivity contribution >= 4 is 5.91 Å². The Morgan fingerprint density at radius 2 is 2.37 bits per heavy atom. The Bertz CT molecular complexity index is 491. The van der Waals surface area contributed by atoms with E-state index in [4.69, 9.17) is 4.74 Å². The fraction of sp³-hybridized carbons (Fsp3) is 0.538. The van der Waals surface area contributed by atoms with Crippen LogP contribution >= 0.6 is 0 Å². The molecule has 1 aromatic heterocycles. The molecule has 19 heavy (non-hydrogen) atoms. The van der Waals surface area contributed by atoms with E-state index in [2.05, 4.69) is 5.32 Å². The highest BCUT2D eigenvalue weighted by molar-refractivity contribution is 5.75. The summed E-state index contributed by atoms with van der Waals surface area (Å²) in [6.45, 7) is 1.30. The molecule has 1 aliphatic heterocycles. The number of amides is 1. The molecular formula is C13H18N2O4. The molecule has 1 atom stereocenters. The minimum atomic E-state index is -0.945. The lowest BCUT2D eigenvalue weighted by Gasteiger charge is -2.20. The van der Waals surface area contributed by atoms with Crippen molar-refractivity contribution in [1.82, 2.24) is 9.88 Å². The lowest BCUT2D eigenvalue weighted by Crippen LogP contribution is -2.43. The second-order valence-electron chi connectivity index (χ2n) is 4.79. The van der Waals surface area contributed by atoms with Crippen LogP contribution in [0.1, 0.15) is 12.8 Å². The molecule has 1 aromatic rings. The summed E-state index contributed by atoms with van der Waals surface area (Å²) in [7, 11) is 0. The molecule has 1 aliphatic rings. The number of aromatic nitrogens is 1. The highest BCUT2D eigenvalue weighted by Gasteiger charge is 2.32. The first-order chi connectivity index (χ1) is 9.09. The van der Waals surface area contributed by atoms with Gasteiger partial charge in [0.1, 0.15) is 5.60 Å². The fourth-order valence-electron chi connectivity index (χ4n) is 1.95. The van der Waals surface area contributed by atoms with Gasteiger partial charge in [0.05, 0.1) is 6.61 Å². The first-order valence-corrected chi connectivity index (χ1v) is 6.31. The maximum Gasteiger partial charge on any atom is 0.250 e. The highest BCUT2D eigenvalue weighted by atomic mass is 16.5. The van der Waals surface area contributed by atoms with Crippen LogP contribution in [0.5, 0.6) is 0 Å². The number of hydrogen-bond acceptors (Lipinski definition) is 4. The highest BCUT2D eigenvalue weighted by Crippen LogP contribution is 2.16. The van der Waals surface area contributed by atoms with E-state index in [0.29, 0.717) is 19.6 Å². The molecule has 0 aromatic carbocycles. The maximum atomic E-state index is 11.6. The maximum absolute atomic E-state index is 11.6. The van der Waals surface area contributed by atoms with Crippen molar-refractivity contribution in [3.05, 3.63) is 34.7 Å². The van der Waals surface area contributed by atoms with Crippen LogP contribution in [0.15, 0.2) is 29.2 Å². The molecule has 0 aliphatic carbocycles. The lowest BCUT2D eigenvalue weighted by atomic mass is 10.0. The quantitative estimate of drug-likeness (QED) is 0.753. The molecule has 2 N–H and O–H groups in total. The van der Waals surface area contributed by atoms with Gasteiger partial charge in [-0.3, -0.25) is 9.59 Å². The largest absolute Gasteiger partial charge is 0.386 e. The summed E-state index contributed by atoms with van der Waals surface area (Å²) in [6, 6.07) is 4.86. The Kier molecular flexibility index (Phi) is 4.34. The van der Waals surface area contributed by atoms with E-state index in [1.165, 1.54) is 10.6 Å². The molecule has 1 fully saturated rings. The van der Waals surface area contributed by atoms with Gasteiger partial charge in [0, 0.05) is 44.8 Å². The monoisotopic (exact) mass is 266 g/mol. The predicted molar refractivity (Wildman–Crippen MR) is 68.7 cm³/mol. The number of aliphatic hydroxyl groups is 1. The van der Waals surface area contributed by atoms with Crippen molar-refractivity contribution in [2.45, 2.75) is 25.0 Å². The standard InChI is InChI=1S/C13H18N2O4/c16-11(14-9-13(18)5-8-19-10-13)4-7-15-6-2-1-3-12(15)17/h1-3,6,18H,4-5,7-10H2,(H,14,16). The van der Waals surface area contributed by atoms with Gasteiger partial charge < -0.3 is 19.7 Å². The summed E-state index contributed by atoms with van der Waals surface area (Å²) in [5, 5.41) is 12.6. The number of aryl methyl sites for hydroxylation is 1. The van der Waals surface area contributed by atoms with Gasteiger partial charge in [0.25, 0.3) is 5.56 Å². The van der Waals surface area contributed by atoms with Crippen LogP contribution in [-0.4, -0.2) is 40.9 Å². The van der Waals surface area contributed by atoms with E-state index in [-0.39, 0.29) is 31.0 Å². The Morgan fingerprint density at radius 1 is 1.53 bits per heavy atom. The first kappa shape index (κ1) is 13.8. The lowest BCUT2D eigenvalue weighted by molar-refractivity contribution is -0.122. The molecular weight excluding hydrogens is 248 g/mol. The summed E-state index contributed by atoms with van der Waals surface area (Å²) in [6.07, 6.45) is 2.39. The van der Waals surface area contributed by atoms with Gasteiger partial charge >= 0.3 is 0 Å². The molecule has 104 valence electrons. The number of rotatable bonds is 5. The van der Waals surface area contributed by atoms with Gasteiger partial charge in [-0.25, -0.2) is 0 Å². The molecule has 1 amide bonds. The summed E-state index contributed by atoms with van der Waals surface area (Å²) in [4.78, 5) is 23.1. The fourth-order valence-corrected chi connectivity index (χ4v) is 1.95. The van der Waals surface area contributed by atoms with E-state index >= 15 is 0 Å². The number of carbonyl (C=O) groups is 1. The Hall–Kier alpha value is -1.66. The van der Waals surface area contributed by atoms with Crippen LogP contribution < -0.4 is 10.9 Å². The molecule has 0 saturated carbocycles. The molecule has 0 radical (unpaired) electrons. The summed E-state index contributed by atoms with van der Waals surface area (Å²) < 4.78 is 6.57. The molecule has 6 nitrogen and oxygen atoms in total. The molecule has 1 unspecified atom stereocenters. The first-order valence-electron chi connectivity index (χ1n) is 6.31. The third kappa shape index (κ3) is 3.90. The third-order valence-electron chi connectivity index (χ3n) is 3.18. The van der Waals surface area contributed by atoms with Gasteiger partial charge in [-0.2, -0.15) is 0 Å². The van der Waals surface area contributed by atoms with E-state index in [1.54, 1.807) is 18.3 Å². The number of carbonyl (C=O) groups excluding carboxylic acids is 1. The average molecular weight is 266 g/mol. The van der Waals surface area contributed by atoms with Gasteiger partial charge in [0.15, 0.2) is 0 Å². The number of hydrogen-bond donors (Lipinski definition) is 2. The minimum absolute atomic E-state index is 0.127. The molecule has 0 spiro atoms.